The Morgan fingerprint density at radius 1 is 1.21 bits per heavy atom. The predicted molar refractivity (Wildman–Crippen MR) is 104 cm³/mol. The van der Waals surface area contributed by atoms with Crippen molar-refractivity contribution in [2.75, 3.05) is 18.2 Å². The molecule has 0 spiro atoms. The second-order valence-electron chi connectivity index (χ2n) is 5.87. The van der Waals surface area contributed by atoms with Crippen molar-refractivity contribution in [1.29, 1.82) is 0 Å². The van der Waals surface area contributed by atoms with Crippen LogP contribution in [0.2, 0.25) is 0 Å². The Bertz CT molecular complexity index is 878. The Labute approximate surface area is 150 Å². The zero-order chi connectivity index (χ0) is 17.3. The number of benzene rings is 2. The number of nitrogens with two attached hydrogens (primary N) is 1. The van der Waals surface area contributed by atoms with Gasteiger partial charge in [0.05, 0.1) is 7.11 Å². The lowest BCUT2D eigenvalue weighted by molar-refractivity contribution is 0.414. The molecule has 0 fully saturated rings. The van der Waals surface area contributed by atoms with E-state index >= 15 is 0 Å². The van der Waals surface area contributed by atoms with Crippen LogP contribution in [-0.2, 0) is 0 Å². The van der Waals surface area contributed by atoms with Crippen LogP contribution in [0, 0.1) is 6.92 Å². The van der Waals surface area contributed by atoms with Gasteiger partial charge in [0.2, 0.25) is 0 Å². The van der Waals surface area contributed by atoms with E-state index < -0.39 is 0 Å². The number of nitrogens with one attached hydrogen (secondary N) is 1. The molecule has 0 aliphatic rings. The summed E-state index contributed by atoms with van der Waals surface area (Å²) in [4.78, 5) is 4.55. The lowest BCUT2D eigenvalue weighted by Gasteiger charge is -2.18. The van der Waals surface area contributed by atoms with Crippen LogP contribution >= 0.6 is 15.9 Å². The molecule has 0 saturated heterocycles. The van der Waals surface area contributed by atoms with Gasteiger partial charge in [-0.05, 0) is 65.2 Å². The van der Waals surface area contributed by atoms with E-state index in [0.717, 1.165) is 43.6 Å². The number of methoxy groups -OCH3 is 1. The minimum atomic E-state index is 0.106. The molecular formula is C19H20BrN3O. The summed E-state index contributed by atoms with van der Waals surface area (Å²) in [5.41, 5.74) is 9.22. The largest absolute Gasteiger partial charge is 0.497 e. The molecule has 3 rings (SSSR count). The molecule has 3 aromatic rings. The third-order valence-corrected chi connectivity index (χ3v) is 4.68. The van der Waals surface area contributed by atoms with Gasteiger partial charge in [0.25, 0.3) is 0 Å². The Morgan fingerprint density at radius 3 is 2.58 bits per heavy atom. The summed E-state index contributed by atoms with van der Waals surface area (Å²) in [6, 6.07) is 12.2. The number of aryl methyl sites for hydroxylation is 1. The van der Waals surface area contributed by atoms with Crippen molar-refractivity contribution >= 4 is 38.2 Å². The Morgan fingerprint density at radius 2 is 1.92 bits per heavy atom. The third kappa shape index (κ3) is 3.17. The van der Waals surface area contributed by atoms with Crippen molar-refractivity contribution in [1.82, 2.24) is 4.98 Å². The van der Waals surface area contributed by atoms with Crippen LogP contribution in [-0.4, -0.2) is 12.1 Å². The number of nitrogens with zero attached hydrogens (tertiary/aromatic N) is 1. The summed E-state index contributed by atoms with van der Waals surface area (Å²) in [5.74, 6) is 1.67. The highest BCUT2D eigenvalue weighted by atomic mass is 79.9. The van der Waals surface area contributed by atoms with Gasteiger partial charge in [0.15, 0.2) is 0 Å². The van der Waals surface area contributed by atoms with Gasteiger partial charge in [-0.1, -0.05) is 12.1 Å². The van der Waals surface area contributed by atoms with Crippen molar-refractivity contribution in [3.8, 4) is 5.75 Å². The van der Waals surface area contributed by atoms with Crippen molar-refractivity contribution in [2.45, 2.75) is 19.9 Å². The fraction of sp³-hybridized carbons (Fsp3) is 0.211. The first-order valence-electron chi connectivity index (χ1n) is 7.74. The second-order valence-corrected chi connectivity index (χ2v) is 6.72. The standard InChI is InChI=1S/C19H20BrN3O/c1-11-8-15-18(17(21)9-11)16(20)10-22-19(15)23-12(2)13-4-6-14(24-3)7-5-13/h4-10,12H,21H2,1-3H3,(H,22,23). The summed E-state index contributed by atoms with van der Waals surface area (Å²) in [6.07, 6.45) is 1.79. The van der Waals surface area contributed by atoms with Gasteiger partial charge >= 0.3 is 0 Å². The molecule has 0 saturated carbocycles. The van der Waals surface area contributed by atoms with E-state index in [9.17, 15) is 0 Å². The molecule has 2 aromatic carbocycles. The highest BCUT2D eigenvalue weighted by Crippen LogP contribution is 2.35. The first-order valence-corrected chi connectivity index (χ1v) is 8.53. The predicted octanol–water partition coefficient (Wildman–Crippen LogP) is 5.07. The van der Waals surface area contributed by atoms with Crippen molar-refractivity contribution in [2.24, 2.45) is 0 Å². The third-order valence-electron chi connectivity index (χ3n) is 4.08. The topological polar surface area (TPSA) is 60.2 Å². The smallest absolute Gasteiger partial charge is 0.134 e. The number of nitrogen functional groups attached to an aromatic ring is 1. The van der Waals surface area contributed by atoms with E-state index in [-0.39, 0.29) is 6.04 Å². The number of pyridine rings is 1. The van der Waals surface area contributed by atoms with E-state index in [1.807, 2.05) is 25.1 Å². The molecule has 5 heteroatoms. The second kappa shape index (κ2) is 6.69. The summed E-state index contributed by atoms with van der Waals surface area (Å²) < 4.78 is 6.11. The van der Waals surface area contributed by atoms with Crippen molar-refractivity contribution in [3.63, 3.8) is 0 Å². The lowest BCUT2D eigenvalue weighted by atomic mass is 10.1. The molecule has 0 radical (unpaired) electrons. The Hall–Kier alpha value is -2.27. The average Bonchev–Trinajstić information content (AvgIpc) is 2.57. The quantitative estimate of drug-likeness (QED) is 0.615. The van der Waals surface area contributed by atoms with Crippen molar-refractivity contribution < 1.29 is 4.74 Å². The molecule has 124 valence electrons. The maximum atomic E-state index is 6.20. The fourth-order valence-electron chi connectivity index (χ4n) is 2.82. The molecular weight excluding hydrogens is 366 g/mol. The van der Waals surface area contributed by atoms with Crippen LogP contribution in [0.1, 0.15) is 24.1 Å². The summed E-state index contributed by atoms with van der Waals surface area (Å²) >= 11 is 3.55. The SMILES string of the molecule is COc1ccc(C(C)Nc2ncc(Br)c3c(N)cc(C)cc23)cc1. The van der Waals surface area contributed by atoms with Gasteiger partial charge in [-0.3, -0.25) is 0 Å². The molecule has 1 unspecified atom stereocenters. The molecule has 24 heavy (non-hydrogen) atoms. The first kappa shape index (κ1) is 16.6. The fourth-order valence-corrected chi connectivity index (χ4v) is 3.36. The molecule has 0 aliphatic carbocycles. The van der Waals surface area contributed by atoms with E-state index in [1.165, 1.54) is 0 Å². The average molecular weight is 386 g/mol. The number of ether oxygens (including phenoxy) is 1. The number of hydrogen-bond acceptors (Lipinski definition) is 4. The van der Waals surface area contributed by atoms with Gasteiger partial charge in [-0.15, -0.1) is 0 Å². The number of anilines is 2. The molecule has 0 amide bonds. The van der Waals surface area contributed by atoms with Crippen molar-refractivity contribution in [3.05, 3.63) is 58.2 Å². The van der Waals surface area contributed by atoms with Crippen LogP contribution in [0.15, 0.2) is 47.1 Å². The van der Waals surface area contributed by atoms with Gasteiger partial charge in [0.1, 0.15) is 11.6 Å². The normalized spacial score (nSPS) is 12.2. The zero-order valence-electron chi connectivity index (χ0n) is 13.9. The van der Waals surface area contributed by atoms with E-state index in [2.05, 4.69) is 51.4 Å². The van der Waals surface area contributed by atoms with E-state index in [1.54, 1.807) is 13.3 Å². The minimum Gasteiger partial charge on any atom is -0.497 e. The summed E-state index contributed by atoms with van der Waals surface area (Å²) in [7, 11) is 1.67. The van der Waals surface area contributed by atoms with Gasteiger partial charge in [-0.2, -0.15) is 0 Å². The monoisotopic (exact) mass is 385 g/mol. The Balaban J connectivity index is 1.98. The van der Waals surface area contributed by atoms with Gasteiger partial charge in [0, 0.05) is 33.2 Å². The molecule has 3 N–H and O–H groups in total. The van der Waals surface area contributed by atoms with Crippen LogP contribution in [0.4, 0.5) is 11.5 Å². The van der Waals surface area contributed by atoms with Crippen LogP contribution < -0.4 is 15.8 Å². The minimum absolute atomic E-state index is 0.106. The van der Waals surface area contributed by atoms with E-state index in [0.29, 0.717) is 0 Å². The zero-order valence-corrected chi connectivity index (χ0v) is 15.5. The number of halogens is 1. The molecule has 1 heterocycles. The maximum Gasteiger partial charge on any atom is 0.134 e. The van der Waals surface area contributed by atoms with Crippen LogP contribution in [0.25, 0.3) is 10.8 Å². The first-order chi connectivity index (χ1) is 11.5. The highest BCUT2D eigenvalue weighted by Gasteiger charge is 2.13. The van der Waals surface area contributed by atoms with E-state index in [4.69, 9.17) is 10.5 Å². The summed E-state index contributed by atoms with van der Waals surface area (Å²) in [6.45, 7) is 4.14. The molecule has 0 aliphatic heterocycles. The molecule has 1 atom stereocenters. The number of hydrogen-bond donors (Lipinski definition) is 2. The van der Waals surface area contributed by atoms with Crippen LogP contribution in [0.3, 0.4) is 0 Å². The van der Waals surface area contributed by atoms with Gasteiger partial charge in [-0.25, -0.2) is 4.98 Å². The van der Waals surface area contributed by atoms with Crippen LogP contribution in [0.5, 0.6) is 5.75 Å². The Kier molecular flexibility index (Phi) is 4.62. The number of rotatable bonds is 4. The maximum absolute atomic E-state index is 6.20. The molecule has 1 aromatic heterocycles. The number of fused-ring (bicyclic) bond motifs is 1. The molecule has 0 bridgehead atoms. The molecule has 4 nitrogen and oxygen atoms in total. The highest BCUT2D eigenvalue weighted by molar-refractivity contribution is 9.10. The van der Waals surface area contributed by atoms with Gasteiger partial charge < -0.3 is 15.8 Å². The lowest BCUT2D eigenvalue weighted by Crippen LogP contribution is -2.08. The number of aromatic nitrogens is 1. The summed E-state index contributed by atoms with van der Waals surface area (Å²) in [5, 5.41) is 5.49.